The zero-order valence-corrected chi connectivity index (χ0v) is 23.3. The van der Waals surface area contributed by atoms with E-state index >= 15 is 0 Å². The van der Waals surface area contributed by atoms with Crippen LogP contribution in [0.25, 0.3) is 10.9 Å². The van der Waals surface area contributed by atoms with Gasteiger partial charge >= 0.3 is 0 Å². The van der Waals surface area contributed by atoms with Gasteiger partial charge in [-0.2, -0.15) is 0 Å². The number of nitrogens with zero attached hydrogens (tertiary/aromatic N) is 5. The molecule has 0 radical (unpaired) electrons. The maximum atomic E-state index is 14.1. The van der Waals surface area contributed by atoms with Crippen molar-refractivity contribution in [3.8, 4) is 5.75 Å². The number of sulfonamides is 1. The Morgan fingerprint density at radius 3 is 2.69 bits per heavy atom. The third-order valence-electron chi connectivity index (χ3n) is 7.44. The second-order valence-corrected chi connectivity index (χ2v) is 12.0. The zero-order valence-electron chi connectivity index (χ0n) is 22.4. The van der Waals surface area contributed by atoms with E-state index in [2.05, 4.69) is 5.10 Å². The van der Waals surface area contributed by atoms with Crippen LogP contribution in [0, 0.1) is 5.82 Å². The summed E-state index contributed by atoms with van der Waals surface area (Å²) in [5, 5.41) is 4.63. The molecule has 0 saturated heterocycles. The van der Waals surface area contributed by atoms with Crippen LogP contribution < -0.4 is 14.6 Å². The van der Waals surface area contributed by atoms with Crippen LogP contribution in [0.4, 0.5) is 10.2 Å². The molecular weight excluding hydrogens is 529 g/mol. The summed E-state index contributed by atoms with van der Waals surface area (Å²) in [6.07, 6.45) is 0.828. The van der Waals surface area contributed by atoms with Crippen LogP contribution in [-0.4, -0.2) is 73.2 Å². The van der Waals surface area contributed by atoms with Crippen molar-refractivity contribution in [3.05, 3.63) is 51.2 Å². The third-order valence-corrected chi connectivity index (χ3v) is 9.25. The largest absolute Gasteiger partial charge is 0.493 e. The number of anilines is 1. The van der Waals surface area contributed by atoms with Crippen molar-refractivity contribution < 1.29 is 27.1 Å². The number of likely N-dealkylation sites (N-methyl/N-ethyl adjacent to an activating group) is 1. The van der Waals surface area contributed by atoms with E-state index in [0.29, 0.717) is 43.7 Å². The lowest BCUT2D eigenvalue weighted by Crippen LogP contribution is -2.42. The molecule has 2 bridgehead atoms. The first kappa shape index (κ1) is 27.1. The molecule has 0 aliphatic carbocycles. The number of hydrogen-bond donors (Lipinski definition) is 0. The number of methoxy groups -OCH3 is 1. The van der Waals surface area contributed by atoms with Gasteiger partial charge in [-0.1, -0.05) is 6.07 Å². The van der Waals surface area contributed by atoms with E-state index in [9.17, 15) is 22.4 Å². The van der Waals surface area contributed by atoms with Crippen molar-refractivity contribution in [3.63, 3.8) is 0 Å². The van der Waals surface area contributed by atoms with Gasteiger partial charge in [0.2, 0.25) is 10.0 Å². The van der Waals surface area contributed by atoms with E-state index < -0.39 is 21.4 Å². The van der Waals surface area contributed by atoms with E-state index in [4.69, 9.17) is 9.47 Å². The number of hydrogen-bond acceptors (Lipinski definition) is 7. The van der Waals surface area contributed by atoms with Crippen LogP contribution in [0.15, 0.2) is 23.0 Å². The Balaban J connectivity index is 1.86. The molecule has 3 aromatic rings. The quantitative estimate of drug-likeness (QED) is 0.472. The van der Waals surface area contributed by atoms with Crippen LogP contribution in [0.5, 0.6) is 5.75 Å². The van der Waals surface area contributed by atoms with E-state index in [1.807, 2.05) is 13.8 Å². The highest BCUT2D eigenvalue weighted by Gasteiger charge is 2.39. The highest BCUT2D eigenvalue weighted by Crippen LogP contribution is 2.41. The monoisotopic (exact) mass is 561 g/mol. The number of carbonyl (C=O) groups excluding carboxylic acids is 1. The van der Waals surface area contributed by atoms with E-state index in [0.717, 1.165) is 8.99 Å². The molecule has 1 unspecified atom stereocenters. The topological polar surface area (TPSA) is 116 Å². The number of benzene rings is 1. The second-order valence-electron chi connectivity index (χ2n) is 9.91. The minimum Gasteiger partial charge on any atom is -0.493 e. The molecular formula is C26H32FN5O6S. The molecule has 2 aromatic heterocycles. The van der Waals surface area contributed by atoms with Crippen molar-refractivity contribution in [1.82, 2.24) is 19.2 Å². The highest BCUT2D eigenvalue weighted by molar-refractivity contribution is 7.92. The van der Waals surface area contributed by atoms with Crippen LogP contribution >= 0.6 is 0 Å². The van der Waals surface area contributed by atoms with Crippen LogP contribution in [0.3, 0.4) is 0 Å². The van der Waals surface area contributed by atoms with Gasteiger partial charge in [-0.05, 0) is 49.9 Å². The van der Waals surface area contributed by atoms with Crippen molar-refractivity contribution >= 4 is 32.7 Å². The number of carbonyl (C=O) groups is 1. The standard InChI is InChI=1S/C26H32FN5O6S/c1-5-30-13-16(2)32-21-20(23(37-4)22(32)26(30)34)25(33)31-14-17-8-9-19(27)12-18(17)15-38-10-6-7-11-39(35,36)29(3)24(21)28-31/h8-9,12,16H,5-7,10-11,13-15H2,1-4H3. The lowest BCUT2D eigenvalue weighted by molar-refractivity contribution is 0.0685. The Morgan fingerprint density at radius 2 is 1.97 bits per heavy atom. The Hall–Kier alpha value is -3.45. The average Bonchev–Trinajstić information content (AvgIpc) is 3.26. The first-order chi connectivity index (χ1) is 18.6. The van der Waals surface area contributed by atoms with Gasteiger partial charge in [-0.3, -0.25) is 13.9 Å². The Labute approximate surface area is 225 Å². The second kappa shape index (κ2) is 10.3. The molecule has 13 heteroatoms. The Kier molecular flexibility index (Phi) is 7.14. The van der Waals surface area contributed by atoms with Gasteiger partial charge in [0.15, 0.2) is 17.3 Å². The van der Waals surface area contributed by atoms with Gasteiger partial charge in [0.05, 0.1) is 26.0 Å². The number of aromatic nitrogens is 3. The molecule has 2 aliphatic heterocycles. The minimum absolute atomic E-state index is 0.0238. The average molecular weight is 562 g/mol. The predicted molar refractivity (Wildman–Crippen MR) is 143 cm³/mol. The van der Waals surface area contributed by atoms with Crippen molar-refractivity contribution in [2.45, 2.75) is 45.9 Å². The van der Waals surface area contributed by atoms with Crippen molar-refractivity contribution in [2.75, 3.05) is 43.9 Å². The van der Waals surface area contributed by atoms with Crippen LogP contribution in [0.1, 0.15) is 54.3 Å². The number of ether oxygens (including phenoxy) is 2. The maximum absolute atomic E-state index is 14.1. The molecule has 39 heavy (non-hydrogen) atoms. The molecule has 5 rings (SSSR count). The van der Waals surface area contributed by atoms with Gasteiger partial charge in [0.25, 0.3) is 11.5 Å². The predicted octanol–water partition coefficient (Wildman–Crippen LogP) is 2.51. The summed E-state index contributed by atoms with van der Waals surface area (Å²) in [5.74, 6) is -0.804. The van der Waals surface area contributed by atoms with Crippen LogP contribution in [0.2, 0.25) is 0 Å². The fraction of sp³-hybridized carbons (Fsp3) is 0.500. The minimum atomic E-state index is -3.85. The van der Waals surface area contributed by atoms with Gasteiger partial charge in [-0.15, -0.1) is 5.10 Å². The molecule has 11 nitrogen and oxygen atoms in total. The molecule has 1 amide bonds. The van der Waals surface area contributed by atoms with Gasteiger partial charge in [0.1, 0.15) is 16.7 Å². The molecule has 210 valence electrons. The molecule has 0 spiro atoms. The summed E-state index contributed by atoms with van der Waals surface area (Å²) in [4.78, 5) is 29.1. The molecule has 1 atom stereocenters. The molecule has 2 aliphatic rings. The maximum Gasteiger partial charge on any atom is 0.280 e. The Morgan fingerprint density at radius 1 is 1.21 bits per heavy atom. The van der Waals surface area contributed by atoms with Crippen molar-refractivity contribution in [2.24, 2.45) is 0 Å². The van der Waals surface area contributed by atoms with Crippen molar-refractivity contribution in [1.29, 1.82) is 0 Å². The summed E-state index contributed by atoms with van der Waals surface area (Å²) in [6.45, 7) is 4.96. The van der Waals surface area contributed by atoms with Gasteiger partial charge in [-0.25, -0.2) is 17.5 Å². The fourth-order valence-electron chi connectivity index (χ4n) is 5.37. The summed E-state index contributed by atoms with van der Waals surface area (Å²) in [6, 6.07) is 3.94. The molecule has 0 fully saturated rings. The van der Waals surface area contributed by atoms with Crippen LogP contribution in [-0.2, 0) is 27.9 Å². The molecule has 0 N–H and O–H groups in total. The molecule has 1 aromatic carbocycles. The Bertz CT molecular complexity index is 1620. The van der Waals surface area contributed by atoms with Gasteiger partial charge < -0.3 is 18.9 Å². The summed E-state index contributed by atoms with van der Waals surface area (Å²) < 4.78 is 56.3. The lowest BCUT2D eigenvalue weighted by Gasteiger charge is -2.33. The first-order valence-corrected chi connectivity index (χ1v) is 14.5. The normalized spacial score (nSPS) is 19.9. The summed E-state index contributed by atoms with van der Waals surface area (Å²) in [7, 11) is -1.07. The third kappa shape index (κ3) is 4.56. The zero-order chi connectivity index (χ0) is 28.1. The SMILES string of the molecule is CCN1CC(C)n2c(c(OC)c3c(=O)n4nc(c32)N(C)S(=O)(=O)CCCCOCc2cc(F)ccc2C4)C1=O. The molecule has 0 saturated carbocycles. The lowest BCUT2D eigenvalue weighted by atomic mass is 10.1. The van der Waals surface area contributed by atoms with E-state index in [1.165, 1.54) is 26.3 Å². The number of amides is 1. The van der Waals surface area contributed by atoms with E-state index in [1.54, 1.807) is 15.5 Å². The highest BCUT2D eigenvalue weighted by atomic mass is 32.2. The number of fused-ring (bicyclic) bond motifs is 7. The van der Waals surface area contributed by atoms with Gasteiger partial charge in [0, 0.05) is 32.8 Å². The number of rotatable bonds is 2. The van der Waals surface area contributed by atoms with E-state index in [-0.39, 0.29) is 59.0 Å². The smallest absolute Gasteiger partial charge is 0.280 e. The summed E-state index contributed by atoms with van der Waals surface area (Å²) in [5.41, 5.74) is 1.04. The summed E-state index contributed by atoms with van der Waals surface area (Å²) >= 11 is 0. The molecule has 4 heterocycles. The number of halogens is 1. The fourth-order valence-corrected chi connectivity index (χ4v) is 6.60. The first-order valence-electron chi connectivity index (χ1n) is 12.9.